The highest BCUT2D eigenvalue weighted by molar-refractivity contribution is 7.22. The van der Waals surface area contributed by atoms with Gasteiger partial charge in [0, 0.05) is 5.69 Å². The zero-order valence-corrected chi connectivity index (χ0v) is 12.1. The highest BCUT2D eigenvalue weighted by Gasteiger charge is 2.13. The lowest BCUT2D eigenvalue weighted by molar-refractivity contribution is 0.102. The summed E-state index contributed by atoms with van der Waals surface area (Å²) in [6.45, 7) is 1.86. The third-order valence-electron chi connectivity index (χ3n) is 3.03. The number of benzene rings is 2. The Hall–Kier alpha value is -2.60. The molecule has 0 aliphatic heterocycles. The summed E-state index contributed by atoms with van der Waals surface area (Å²) in [6, 6.07) is 10.3. The van der Waals surface area contributed by atoms with Crippen LogP contribution in [0, 0.1) is 6.92 Å². The number of phenols is 1. The van der Waals surface area contributed by atoms with Crippen LogP contribution in [0.5, 0.6) is 5.75 Å². The molecule has 0 atom stereocenters. The van der Waals surface area contributed by atoms with Crippen LogP contribution in [0.25, 0.3) is 10.2 Å². The van der Waals surface area contributed by atoms with Crippen LogP contribution < -0.4 is 11.1 Å². The van der Waals surface area contributed by atoms with Gasteiger partial charge in [0.1, 0.15) is 5.75 Å². The molecule has 4 N–H and O–H groups in total. The van der Waals surface area contributed by atoms with Crippen LogP contribution in [-0.4, -0.2) is 16.0 Å². The number of thiazole rings is 1. The number of nitrogens with two attached hydrogens (primary N) is 1. The summed E-state index contributed by atoms with van der Waals surface area (Å²) in [4.78, 5) is 16.5. The monoisotopic (exact) mass is 299 g/mol. The number of amides is 1. The molecule has 2 aromatic carbocycles. The number of carbonyl (C=O) groups excluding carboxylic acids is 1. The Bertz CT molecular complexity index is 842. The molecule has 1 aromatic heterocycles. The molecule has 0 aliphatic carbocycles. The zero-order valence-electron chi connectivity index (χ0n) is 11.3. The highest BCUT2D eigenvalue weighted by atomic mass is 32.1. The minimum absolute atomic E-state index is 0.0524. The summed E-state index contributed by atoms with van der Waals surface area (Å²) >= 11 is 1.34. The van der Waals surface area contributed by atoms with Gasteiger partial charge in [-0.2, -0.15) is 0 Å². The van der Waals surface area contributed by atoms with Crippen LogP contribution in [0.2, 0.25) is 0 Å². The smallest absolute Gasteiger partial charge is 0.261 e. The van der Waals surface area contributed by atoms with Crippen molar-refractivity contribution in [3.8, 4) is 5.75 Å². The first kappa shape index (κ1) is 13.4. The molecule has 0 bridgehead atoms. The van der Waals surface area contributed by atoms with Gasteiger partial charge in [0.2, 0.25) is 0 Å². The van der Waals surface area contributed by atoms with Crippen molar-refractivity contribution in [2.75, 3.05) is 11.1 Å². The van der Waals surface area contributed by atoms with Crippen molar-refractivity contribution in [3.05, 3.63) is 47.5 Å². The number of aryl methyl sites for hydroxylation is 1. The molecule has 0 saturated carbocycles. The third kappa shape index (κ3) is 2.66. The molecule has 21 heavy (non-hydrogen) atoms. The Morgan fingerprint density at radius 3 is 2.90 bits per heavy atom. The van der Waals surface area contributed by atoms with E-state index in [1.54, 1.807) is 24.3 Å². The summed E-state index contributed by atoms with van der Waals surface area (Å²) in [5.41, 5.74) is 8.28. The van der Waals surface area contributed by atoms with E-state index in [-0.39, 0.29) is 17.2 Å². The van der Waals surface area contributed by atoms with Crippen LogP contribution in [0.4, 0.5) is 10.8 Å². The van der Waals surface area contributed by atoms with Crippen molar-refractivity contribution in [3.63, 3.8) is 0 Å². The molecule has 0 unspecified atom stereocenters. The molecular weight excluding hydrogens is 286 g/mol. The maximum Gasteiger partial charge on any atom is 0.261 e. The maximum atomic E-state index is 12.2. The molecule has 0 radical (unpaired) electrons. The number of aromatic hydroxyl groups is 1. The van der Waals surface area contributed by atoms with Crippen LogP contribution in [-0.2, 0) is 0 Å². The van der Waals surface area contributed by atoms with E-state index < -0.39 is 0 Å². The first-order chi connectivity index (χ1) is 10.0. The van der Waals surface area contributed by atoms with E-state index in [1.807, 2.05) is 13.0 Å². The van der Waals surface area contributed by atoms with Crippen molar-refractivity contribution < 1.29 is 9.90 Å². The van der Waals surface area contributed by atoms with E-state index in [0.29, 0.717) is 10.8 Å². The highest BCUT2D eigenvalue weighted by Crippen LogP contribution is 2.28. The largest absolute Gasteiger partial charge is 0.507 e. The van der Waals surface area contributed by atoms with Crippen LogP contribution in [0.1, 0.15) is 15.9 Å². The van der Waals surface area contributed by atoms with Gasteiger partial charge < -0.3 is 10.8 Å². The van der Waals surface area contributed by atoms with E-state index in [0.717, 1.165) is 15.8 Å². The van der Waals surface area contributed by atoms with Gasteiger partial charge in [-0.25, -0.2) is 4.98 Å². The maximum absolute atomic E-state index is 12.2. The van der Waals surface area contributed by atoms with Crippen LogP contribution >= 0.6 is 11.3 Å². The average molecular weight is 299 g/mol. The van der Waals surface area contributed by atoms with Gasteiger partial charge in [-0.15, -0.1) is 0 Å². The first-order valence-electron chi connectivity index (χ1n) is 6.30. The third-order valence-corrected chi connectivity index (χ3v) is 3.96. The van der Waals surface area contributed by atoms with Gasteiger partial charge in [-0.1, -0.05) is 23.0 Å². The number of fused-ring (bicyclic) bond motifs is 1. The lowest BCUT2D eigenvalue weighted by Crippen LogP contribution is -2.12. The summed E-state index contributed by atoms with van der Waals surface area (Å²) < 4.78 is 0.902. The van der Waals surface area contributed by atoms with Crippen molar-refractivity contribution in [2.24, 2.45) is 0 Å². The Labute approximate surface area is 125 Å². The number of carbonyl (C=O) groups is 1. The Morgan fingerprint density at radius 1 is 1.29 bits per heavy atom. The molecule has 3 aromatic rings. The zero-order chi connectivity index (χ0) is 15.0. The normalized spacial score (nSPS) is 10.7. The van der Waals surface area contributed by atoms with Gasteiger partial charge in [-0.3, -0.25) is 10.1 Å². The molecule has 3 rings (SSSR count). The number of anilines is 2. The number of nitrogens with one attached hydrogen (secondary N) is 1. The van der Waals surface area contributed by atoms with Gasteiger partial charge in [0.05, 0.1) is 15.8 Å². The fourth-order valence-corrected chi connectivity index (χ4v) is 2.90. The molecular formula is C15H13N3O2S. The molecule has 5 nitrogen and oxygen atoms in total. The number of hydrogen-bond acceptors (Lipinski definition) is 5. The van der Waals surface area contributed by atoms with E-state index in [2.05, 4.69) is 10.3 Å². The van der Waals surface area contributed by atoms with Gasteiger partial charge in [0.25, 0.3) is 5.91 Å². The summed E-state index contributed by atoms with van der Waals surface area (Å²) in [5.74, 6) is -0.438. The van der Waals surface area contributed by atoms with Crippen molar-refractivity contribution >= 4 is 38.3 Å². The van der Waals surface area contributed by atoms with Gasteiger partial charge in [-0.05, 0) is 37.3 Å². The molecule has 106 valence electrons. The van der Waals surface area contributed by atoms with Crippen molar-refractivity contribution in [1.29, 1.82) is 0 Å². The quantitative estimate of drug-likeness (QED) is 0.634. The topological polar surface area (TPSA) is 88.2 Å². The fourth-order valence-electron chi connectivity index (χ4n) is 1.99. The number of rotatable bonds is 2. The Morgan fingerprint density at radius 2 is 2.10 bits per heavy atom. The predicted molar refractivity (Wildman–Crippen MR) is 84.8 cm³/mol. The van der Waals surface area contributed by atoms with Crippen molar-refractivity contribution in [2.45, 2.75) is 6.92 Å². The van der Waals surface area contributed by atoms with Gasteiger partial charge in [0.15, 0.2) is 5.13 Å². The first-order valence-corrected chi connectivity index (χ1v) is 7.11. The molecule has 1 heterocycles. The van der Waals surface area contributed by atoms with Crippen LogP contribution in [0.15, 0.2) is 36.4 Å². The van der Waals surface area contributed by atoms with E-state index in [9.17, 15) is 9.90 Å². The van der Waals surface area contributed by atoms with E-state index >= 15 is 0 Å². The lowest BCUT2D eigenvalue weighted by atomic mass is 10.1. The minimum Gasteiger partial charge on any atom is -0.507 e. The van der Waals surface area contributed by atoms with Gasteiger partial charge >= 0.3 is 0 Å². The number of hydrogen-bond donors (Lipinski definition) is 3. The van der Waals surface area contributed by atoms with Crippen LogP contribution in [0.3, 0.4) is 0 Å². The predicted octanol–water partition coefficient (Wildman–Crippen LogP) is 3.14. The number of phenolic OH excluding ortho intramolecular Hbond substituents is 1. The Kier molecular flexibility index (Phi) is 3.23. The van der Waals surface area contributed by atoms with E-state index in [4.69, 9.17) is 5.73 Å². The second kappa shape index (κ2) is 5.06. The number of nitrogen functional groups attached to an aromatic ring is 1. The molecule has 1 amide bonds. The summed E-state index contributed by atoms with van der Waals surface area (Å²) in [6.07, 6.45) is 0. The van der Waals surface area contributed by atoms with Crippen molar-refractivity contribution in [1.82, 2.24) is 4.98 Å². The number of nitrogens with zero attached hydrogens (tertiary/aromatic N) is 1. The Balaban J connectivity index is 1.90. The molecule has 0 spiro atoms. The molecule has 0 fully saturated rings. The second-order valence-electron chi connectivity index (χ2n) is 4.72. The molecule has 0 saturated heterocycles. The van der Waals surface area contributed by atoms with E-state index in [1.165, 1.54) is 17.4 Å². The standard InChI is InChI=1S/C15H13N3O2S/c1-8-2-5-12(19)10(6-8)14(20)18-15-17-11-4-3-9(16)7-13(11)21-15/h2-7,19H,16H2,1H3,(H,17,18,20). The number of aromatic nitrogens is 1. The minimum atomic E-state index is -0.386. The SMILES string of the molecule is Cc1ccc(O)c(C(=O)Nc2nc3ccc(N)cc3s2)c1. The lowest BCUT2D eigenvalue weighted by Gasteiger charge is -2.05. The molecule has 0 aliphatic rings. The fraction of sp³-hybridized carbons (Fsp3) is 0.0667. The molecule has 6 heteroatoms. The summed E-state index contributed by atoms with van der Waals surface area (Å²) in [5, 5.41) is 12.9. The average Bonchev–Trinajstić information content (AvgIpc) is 2.82. The summed E-state index contributed by atoms with van der Waals surface area (Å²) in [7, 11) is 0. The second-order valence-corrected chi connectivity index (χ2v) is 5.75.